The highest BCUT2D eigenvalue weighted by Gasteiger charge is 2.32. The predicted molar refractivity (Wildman–Crippen MR) is 99.5 cm³/mol. The summed E-state index contributed by atoms with van der Waals surface area (Å²) in [7, 11) is -3.54. The maximum atomic E-state index is 13.2. The summed E-state index contributed by atoms with van der Waals surface area (Å²) in [6.07, 6.45) is 0. The van der Waals surface area contributed by atoms with Crippen molar-refractivity contribution in [1.29, 1.82) is 0 Å². The molecule has 0 spiro atoms. The number of nitrogens with zero attached hydrogens (tertiary/aromatic N) is 1. The van der Waals surface area contributed by atoms with Gasteiger partial charge in [0.1, 0.15) is 11.5 Å². The Morgan fingerprint density at radius 3 is 2.19 bits per heavy atom. The van der Waals surface area contributed by atoms with E-state index in [4.69, 9.17) is 0 Å². The third-order valence-electron chi connectivity index (χ3n) is 4.95. The summed E-state index contributed by atoms with van der Waals surface area (Å²) in [5.41, 5.74) is 0.994. The number of benzene rings is 3. The van der Waals surface area contributed by atoms with Gasteiger partial charge in [-0.15, -0.1) is 0 Å². The van der Waals surface area contributed by atoms with Crippen molar-refractivity contribution in [3.8, 4) is 0 Å². The molecule has 4 rings (SSSR count). The van der Waals surface area contributed by atoms with Gasteiger partial charge in [-0.1, -0.05) is 36.4 Å². The zero-order valence-corrected chi connectivity index (χ0v) is 16.2. The van der Waals surface area contributed by atoms with Gasteiger partial charge in [-0.05, 0) is 23.6 Å². The number of hydrogen-bond donors (Lipinski definition) is 1. The first-order chi connectivity index (χ1) is 12.6. The molecule has 1 heterocycles. The summed E-state index contributed by atoms with van der Waals surface area (Å²) in [4.78, 5) is 1.54. The standard InChI is InChI=1S/C20H19FN2O2S.ClH/c21-17-8-10-18(11-9-17)22-12-14-23(15-13-22)26(24,25)20-7-3-5-16-4-1-2-6-19(16)20;/h1-11H,12-15H2;1H. The molecule has 0 amide bonds. The Bertz CT molecular complexity index is 1030. The molecule has 0 unspecified atom stereocenters. The molecular weight excluding hydrogens is 387 g/mol. The van der Waals surface area contributed by atoms with Crippen LogP contribution in [0.1, 0.15) is 0 Å². The highest BCUT2D eigenvalue weighted by Crippen LogP contribution is 2.25. The second kappa shape index (κ2) is 7.94. The molecule has 27 heavy (non-hydrogen) atoms. The van der Waals surface area contributed by atoms with Crippen LogP contribution in [0.3, 0.4) is 0 Å². The van der Waals surface area contributed by atoms with Crippen LogP contribution >= 0.6 is 0 Å². The van der Waals surface area contributed by atoms with Gasteiger partial charge in [0.15, 0.2) is 0 Å². The number of hydrogen-bond acceptors (Lipinski definition) is 2. The summed E-state index contributed by atoms with van der Waals surface area (Å²) < 4.78 is 41.0. The first kappa shape index (κ1) is 19.8. The van der Waals surface area contributed by atoms with E-state index in [0.717, 1.165) is 16.5 Å². The molecule has 0 radical (unpaired) electrons. The highest BCUT2D eigenvalue weighted by atomic mass is 35.5. The van der Waals surface area contributed by atoms with Crippen molar-refractivity contribution in [2.45, 2.75) is 4.90 Å². The van der Waals surface area contributed by atoms with Crippen molar-refractivity contribution in [2.24, 2.45) is 0 Å². The zero-order valence-electron chi connectivity index (χ0n) is 14.6. The minimum Gasteiger partial charge on any atom is -1.00 e. The average Bonchev–Trinajstić information content (AvgIpc) is 2.68. The Kier molecular flexibility index (Phi) is 5.81. The van der Waals surface area contributed by atoms with Gasteiger partial charge in [-0.3, -0.25) is 0 Å². The van der Waals surface area contributed by atoms with Gasteiger partial charge in [-0.2, -0.15) is 4.31 Å². The molecule has 0 aromatic heterocycles. The molecule has 1 aliphatic heterocycles. The maximum Gasteiger partial charge on any atom is 0.244 e. The van der Waals surface area contributed by atoms with Crippen LogP contribution < -0.4 is 17.3 Å². The second-order valence-corrected chi connectivity index (χ2v) is 8.40. The van der Waals surface area contributed by atoms with Crippen LogP contribution in [0.25, 0.3) is 10.8 Å². The van der Waals surface area contributed by atoms with E-state index in [0.29, 0.717) is 31.1 Å². The SMILES string of the molecule is O=S(=O)(c1cccc2ccccc12)N1CC[NH+](c2ccc(F)cc2)CC1.[Cl-]. The van der Waals surface area contributed by atoms with Crippen LogP contribution in [0.15, 0.2) is 71.6 Å². The van der Waals surface area contributed by atoms with E-state index in [1.165, 1.54) is 17.0 Å². The lowest BCUT2D eigenvalue weighted by Crippen LogP contribution is -3.10. The lowest BCUT2D eigenvalue weighted by Gasteiger charge is -2.31. The molecule has 4 nitrogen and oxygen atoms in total. The lowest BCUT2D eigenvalue weighted by atomic mass is 10.1. The molecule has 0 atom stereocenters. The molecule has 142 valence electrons. The minimum atomic E-state index is -3.54. The summed E-state index contributed by atoms with van der Waals surface area (Å²) in [6, 6.07) is 19.3. The summed E-state index contributed by atoms with van der Waals surface area (Å²) >= 11 is 0. The van der Waals surface area contributed by atoms with Crippen molar-refractivity contribution in [3.05, 3.63) is 72.5 Å². The number of rotatable bonds is 3. The Labute approximate surface area is 164 Å². The zero-order chi connectivity index (χ0) is 18.1. The van der Waals surface area contributed by atoms with E-state index in [1.807, 2.05) is 30.3 Å². The highest BCUT2D eigenvalue weighted by molar-refractivity contribution is 7.89. The molecule has 1 fully saturated rings. The van der Waals surface area contributed by atoms with Crippen LogP contribution in [0, 0.1) is 5.82 Å². The molecular formula is C20H20ClFN2O2S. The summed E-state index contributed by atoms with van der Waals surface area (Å²) in [5, 5.41) is 1.67. The molecule has 1 aliphatic rings. The lowest BCUT2D eigenvalue weighted by molar-refractivity contribution is -0.837. The van der Waals surface area contributed by atoms with Crippen molar-refractivity contribution in [2.75, 3.05) is 26.2 Å². The fraction of sp³-hybridized carbons (Fsp3) is 0.200. The Balaban J connectivity index is 0.00000210. The van der Waals surface area contributed by atoms with Gasteiger partial charge >= 0.3 is 0 Å². The van der Waals surface area contributed by atoms with Crippen LogP contribution in [0.2, 0.25) is 0 Å². The van der Waals surface area contributed by atoms with Crippen molar-refractivity contribution >= 4 is 26.5 Å². The van der Waals surface area contributed by atoms with Crippen molar-refractivity contribution in [1.82, 2.24) is 4.31 Å². The molecule has 3 aromatic rings. The number of halogens is 2. The van der Waals surface area contributed by atoms with Gasteiger partial charge in [-0.25, -0.2) is 12.8 Å². The molecule has 0 aliphatic carbocycles. The second-order valence-electron chi connectivity index (χ2n) is 6.49. The van der Waals surface area contributed by atoms with E-state index in [1.54, 1.807) is 28.6 Å². The van der Waals surface area contributed by atoms with Gasteiger partial charge < -0.3 is 17.3 Å². The molecule has 1 N–H and O–H groups in total. The van der Waals surface area contributed by atoms with Crippen molar-refractivity contribution in [3.63, 3.8) is 0 Å². The number of fused-ring (bicyclic) bond motifs is 1. The van der Waals surface area contributed by atoms with Crippen LogP contribution in [0.4, 0.5) is 10.1 Å². The Hall–Kier alpha value is -1.99. The van der Waals surface area contributed by atoms with Crippen LogP contribution in [-0.2, 0) is 10.0 Å². The normalized spacial score (nSPS) is 16.2. The number of nitrogens with one attached hydrogen (secondary N) is 1. The van der Waals surface area contributed by atoms with Crippen LogP contribution in [-0.4, -0.2) is 38.9 Å². The molecule has 3 aromatic carbocycles. The number of quaternary nitrogens is 1. The molecule has 0 bridgehead atoms. The summed E-state index contributed by atoms with van der Waals surface area (Å²) in [6.45, 7) is 2.21. The summed E-state index contributed by atoms with van der Waals surface area (Å²) in [5.74, 6) is -0.259. The Morgan fingerprint density at radius 1 is 0.852 bits per heavy atom. The smallest absolute Gasteiger partial charge is 0.244 e. The average molecular weight is 407 g/mol. The first-order valence-electron chi connectivity index (χ1n) is 8.64. The predicted octanol–water partition coefficient (Wildman–Crippen LogP) is -0.796. The van der Waals surface area contributed by atoms with E-state index in [-0.39, 0.29) is 18.2 Å². The minimum absolute atomic E-state index is 0. The topological polar surface area (TPSA) is 41.8 Å². The number of piperazine rings is 1. The van der Waals surface area contributed by atoms with Crippen LogP contribution in [0.5, 0.6) is 0 Å². The van der Waals surface area contributed by atoms with Gasteiger partial charge in [0.2, 0.25) is 10.0 Å². The van der Waals surface area contributed by atoms with E-state index < -0.39 is 10.0 Å². The van der Waals surface area contributed by atoms with Gasteiger partial charge in [0.05, 0.1) is 31.1 Å². The fourth-order valence-electron chi connectivity index (χ4n) is 3.53. The van der Waals surface area contributed by atoms with E-state index in [9.17, 15) is 12.8 Å². The molecule has 0 saturated carbocycles. The third-order valence-corrected chi connectivity index (χ3v) is 6.90. The van der Waals surface area contributed by atoms with Crippen molar-refractivity contribution < 1.29 is 30.1 Å². The quantitative estimate of drug-likeness (QED) is 0.619. The van der Waals surface area contributed by atoms with Gasteiger partial charge in [0, 0.05) is 17.5 Å². The van der Waals surface area contributed by atoms with E-state index in [2.05, 4.69) is 0 Å². The molecule has 7 heteroatoms. The van der Waals surface area contributed by atoms with Gasteiger partial charge in [0.25, 0.3) is 0 Å². The van der Waals surface area contributed by atoms with E-state index >= 15 is 0 Å². The third kappa shape index (κ3) is 3.84. The first-order valence-corrected chi connectivity index (χ1v) is 10.1. The molecule has 1 saturated heterocycles. The Morgan fingerprint density at radius 2 is 1.48 bits per heavy atom. The maximum absolute atomic E-state index is 13.2. The monoisotopic (exact) mass is 406 g/mol. The number of sulfonamides is 1. The fourth-order valence-corrected chi connectivity index (χ4v) is 5.19. The largest absolute Gasteiger partial charge is 1.00 e.